The van der Waals surface area contributed by atoms with E-state index in [0.717, 1.165) is 0 Å². The van der Waals surface area contributed by atoms with Crippen LogP contribution in [0, 0.1) is 0 Å². The van der Waals surface area contributed by atoms with E-state index in [1.165, 1.54) is 13.2 Å². The number of fused-ring (bicyclic) bond motifs is 1. The van der Waals surface area contributed by atoms with Gasteiger partial charge in [-0.2, -0.15) is 0 Å². The summed E-state index contributed by atoms with van der Waals surface area (Å²) in [5, 5.41) is 10.1. The number of ether oxygens (including phenoxy) is 1. The van der Waals surface area contributed by atoms with E-state index >= 15 is 0 Å². The van der Waals surface area contributed by atoms with E-state index in [1.54, 1.807) is 18.2 Å². The van der Waals surface area contributed by atoms with E-state index in [4.69, 9.17) is 21.4 Å². The van der Waals surface area contributed by atoms with Gasteiger partial charge < -0.3 is 9.84 Å². The zero-order valence-electron chi connectivity index (χ0n) is 8.40. The average molecular weight is 238 g/mol. The second-order valence-electron chi connectivity index (χ2n) is 3.15. The van der Waals surface area contributed by atoms with Gasteiger partial charge in [-0.05, 0) is 18.2 Å². The van der Waals surface area contributed by atoms with Crippen LogP contribution in [-0.2, 0) is 0 Å². The highest BCUT2D eigenvalue weighted by Crippen LogP contribution is 2.27. The number of pyridine rings is 1. The number of halogens is 1. The monoisotopic (exact) mass is 237 g/mol. The van der Waals surface area contributed by atoms with Crippen molar-refractivity contribution in [2.75, 3.05) is 7.11 Å². The Morgan fingerprint density at radius 2 is 2.12 bits per heavy atom. The number of aromatic nitrogens is 1. The minimum absolute atomic E-state index is 0.110. The topological polar surface area (TPSA) is 59.4 Å². The molecule has 1 aromatic carbocycles. The molecule has 1 aromatic heterocycles. The molecule has 0 amide bonds. The van der Waals surface area contributed by atoms with Crippen LogP contribution in [-0.4, -0.2) is 23.2 Å². The van der Waals surface area contributed by atoms with Gasteiger partial charge in [0.1, 0.15) is 0 Å². The molecule has 2 aromatic rings. The lowest BCUT2D eigenvalue weighted by molar-refractivity contribution is 0.0699. The van der Waals surface area contributed by atoms with Crippen molar-refractivity contribution in [3.8, 4) is 5.88 Å². The first-order valence-corrected chi connectivity index (χ1v) is 4.88. The SMILES string of the molecule is COc1ccc2c(Cl)ccc(C(=O)O)c2n1. The van der Waals surface area contributed by atoms with Crippen molar-refractivity contribution >= 4 is 28.5 Å². The molecule has 0 saturated carbocycles. The van der Waals surface area contributed by atoms with Gasteiger partial charge in [0.2, 0.25) is 5.88 Å². The summed E-state index contributed by atoms with van der Waals surface area (Å²) >= 11 is 5.96. The Bertz CT molecular complexity index is 568. The molecule has 0 spiro atoms. The van der Waals surface area contributed by atoms with E-state index in [-0.39, 0.29) is 5.56 Å². The molecule has 1 heterocycles. The molecule has 0 atom stereocenters. The van der Waals surface area contributed by atoms with Crippen LogP contribution in [0.15, 0.2) is 24.3 Å². The van der Waals surface area contributed by atoms with E-state index in [2.05, 4.69) is 4.98 Å². The third kappa shape index (κ3) is 1.67. The molecule has 5 heteroatoms. The summed E-state index contributed by atoms with van der Waals surface area (Å²) in [5.41, 5.74) is 0.442. The Morgan fingerprint density at radius 1 is 1.38 bits per heavy atom. The predicted molar refractivity (Wildman–Crippen MR) is 60.3 cm³/mol. The zero-order valence-corrected chi connectivity index (χ0v) is 9.15. The molecule has 1 N–H and O–H groups in total. The normalized spacial score (nSPS) is 10.4. The van der Waals surface area contributed by atoms with E-state index in [9.17, 15) is 4.79 Å². The molecule has 82 valence electrons. The number of methoxy groups -OCH3 is 1. The fourth-order valence-corrected chi connectivity index (χ4v) is 1.67. The fourth-order valence-electron chi connectivity index (χ4n) is 1.45. The maximum Gasteiger partial charge on any atom is 0.337 e. The number of nitrogens with zero attached hydrogens (tertiary/aromatic N) is 1. The lowest BCUT2D eigenvalue weighted by atomic mass is 10.1. The third-order valence-electron chi connectivity index (χ3n) is 2.22. The Kier molecular flexibility index (Phi) is 2.66. The molecule has 0 saturated heterocycles. The van der Waals surface area contributed by atoms with Crippen LogP contribution in [0.3, 0.4) is 0 Å². The Labute approximate surface area is 96.4 Å². The smallest absolute Gasteiger partial charge is 0.337 e. The van der Waals surface area contributed by atoms with Crippen molar-refractivity contribution in [2.45, 2.75) is 0 Å². The first-order chi connectivity index (χ1) is 7.63. The van der Waals surface area contributed by atoms with Crippen LogP contribution >= 0.6 is 11.6 Å². The summed E-state index contributed by atoms with van der Waals surface area (Å²) in [6, 6.07) is 6.30. The molecule has 0 bridgehead atoms. The van der Waals surface area contributed by atoms with Crippen molar-refractivity contribution in [2.24, 2.45) is 0 Å². The van der Waals surface area contributed by atoms with Gasteiger partial charge in [-0.25, -0.2) is 9.78 Å². The van der Waals surface area contributed by atoms with Crippen molar-refractivity contribution in [3.05, 3.63) is 34.9 Å². The largest absolute Gasteiger partial charge is 0.481 e. The molecular formula is C11H8ClNO3. The Balaban J connectivity index is 2.83. The Hall–Kier alpha value is -1.81. The van der Waals surface area contributed by atoms with Gasteiger partial charge in [-0.3, -0.25) is 0 Å². The molecule has 0 radical (unpaired) electrons. The van der Waals surface area contributed by atoms with Crippen LogP contribution in [0.4, 0.5) is 0 Å². The summed E-state index contributed by atoms with van der Waals surface area (Å²) in [6.45, 7) is 0. The van der Waals surface area contributed by atoms with Crippen LogP contribution in [0.2, 0.25) is 5.02 Å². The fraction of sp³-hybridized carbons (Fsp3) is 0.0909. The second kappa shape index (κ2) is 3.98. The highest BCUT2D eigenvalue weighted by molar-refractivity contribution is 6.35. The first-order valence-electron chi connectivity index (χ1n) is 4.50. The van der Waals surface area contributed by atoms with Gasteiger partial charge in [-0.15, -0.1) is 0 Å². The van der Waals surface area contributed by atoms with Gasteiger partial charge in [0.05, 0.1) is 23.2 Å². The maximum atomic E-state index is 11.0. The second-order valence-corrected chi connectivity index (χ2v) is 3.56. The van der Waals surface area contributed by atoms with E-state index in [0.29, 0.717) is 21.8 Å². The van der Waals surface area contributed by atoms with Crippen LogP contribution in [0.1, 0.15) is 10.4 Å². The number of benzene rings is 1. The number of hydrogen-bond acceptors (Lipinski definition) is 3. The average Bonchev–Trinajstić information content (AvgIpc) is 2.28. The van der Waals surface area contributed by atoms with Gasteiger partial charge in [-0.1, -0.05) is 11.6 Å². The minimum Gasteiger partial charge on any atom is -0.481 e. The quantitative estimate of drug-likeness (QED) is 0.872. The molecule has 2 rings (SSSR count). The summed E-state index contributed by atoms with van der Waals surface area (Å²) in [6.07, 6.45) is 0. The van der Waals surface area contributed by atoms with Crippen molar-refractivity contribution in [3.63, 3.8) is 0 Å². The molecule has 16 heavy (non-hydrogen) atoms. The number of carboxylic acids is 1. The van der Waals surface area contributed by atoms with E-state index in [1.807, 2.05) is 0 Å². The molecule has 0 aliphatic rings. The van der Waals surface area contributed by atoms with Crippen molar-refractivity contribution in [1.29, 1.82) is 0 Å². The molecule has 0 aliphatic heterocycles. The third-order valence-corrected chi connectivity index (χ3v) is 2.55. The van der Waals surface area contributed by atoms with Gasteiger partial charge in [0.25, 0.3) is 0 Å². The zero-order chi connectivity index (χ0) is 11.7. The number of hydrogen-bond donors (Lipinski definition) is 1. The van der Waals surface area contributed by atoms with E-state index < -0.39 is 5.97 Å². The standard InChI is InChI=1S/C11H8ClNO3/c1-16-9-5-3-6-8(12)4-2-7(11(14)15)10(6)13-9/h2-5H,1H3,(H,14,15). The number of carbonyl (C=O) groups is 1. The molecular weight excluding hydrogens is 230 g/mol. The van der Waals surface area contributed by atoms with Crippen LogP contribution in [0.25, 0.3) is 10.9 Å². The van der Waals surface area contributed by atoms with Gasteiger partial charge in [0.15, 0.2) is 0 Å². The molecule has 4 nitrogen and oxygen atoms in total. The molecule has 0 unspecified atom stereocenters. The minimum atomic E-state index is -1.04. The Morgan fingerprint density at radius 3 is 2.75 bits per heavy atom. The highest BCUT2D eigenvalue weighted by atomic mass is 35.5. The van der Waals surface area contributed by atoms with Crippen molar-refractivity contribution < 1.29 is 14.6 Å². The number of carboxylic acid groups (broad SMARTS) is 1. The van der Waals surface area contributed by atoms with Crippen molar-refractivity contribution in [1.82, 2.24) is 4.98 Å². The summed E-state index contributed by atoms with van der Waals surface area (Å²) in [4.78, 5) is 15.1. The summed E-state index contributed by atoms with van der Waals surface area (Å²) in [7, 11) is 1.47. The van der Waals surface area contributed by atoms with Gasteiger partial charge in [0, 0.05) is 11.5 Å². The lowest BCUT2D eigenvalue weighted by Crippen LogP contribution is -2.00. The predicted octanol–water partition coefficient (Wildman–Crippen LogP) is 2.60. The molecule has 0 fully saturated rings. The summed E-state index contributed by atoms with van der Waals surface area (Å²) < 4.78 is 4.95. The summed E-state index contributed by atoms with van der Waals surface area (Å²) in [5.74, 6) is -0.681. The lowest BCUT2D eigenvalue weighted by Gasteiger charge is -2.05. The van der Waals surface area contributed by atoms with Crippen LogP contribution in [0.5, 0.6) is 5.88 Å². The first kappa shape index (κ1) is 10.7. The van der Waals surface area contributed by atoms with Gasteiger partial charge >= 0.3 is 5.97 Å². The number of rotatable bonds is 2. The number of aromatic carboxylic acids is 1. The highest BCUT2D eigenvalue weighted by Gasteiger charge is 2.12. The molecule has 0 aliphatic carbocycles. The maximum absolute atomic E-state index is 11.0. The van der Waals surface area contributed by atoms with Crippen LogP contribution < -0.4 is 4.74 Å².